The van der Waals surface area contributed by atoms with E-state index >= 15 is 0 Å². The van der Waals surface area contributed by atoms with Crippen LogP contribution in [0.5, 0.6) is 0 Å². The minimum Gasteiger partial charge on any atom is -0.382 e. The number of fused-ring (bicyclic) bond motifs is 2. The first-order valence-electron chi connectivity index (χ1n) is 13.1. The van der Waals surface area contributed by atoms with Crippen molar-refractivity contribution in [3.63, 3.8) is 0 Å². The molecule has 2 amide bonds. The smallest absolute Gasteiger partial charge is 0.251 e. The van der Waals surface area contributed by atoms with Gasteiger partial charge in [-0.15, -0.1) is 0 Å². The molecule has 1 unspecified atom stereocenters. The second-order valence-corrected chi connectivity index (χ2v) is 10.6. The fraction of sp³-hybridized carbons (Fsp3) is 0.500. The molecular formula is C28H35N5O3. The molecule has 190 valence electrons. The van der Waals surface area contributed by atoms with Crippen LogP contribution in [0.3, 0.4) is 0 Å². The second kappa shape index (κ2) is 9.91. The number of pyridine rings is 1. The zero-order chi connectivity index (χ0) is 25.4. The highest BCUT2D eigenvalue weighted by Crippen LogP contribution is 2.39. The number of ketones is 1. The lowest BCUT2D eigenvalue weighted by Crippen LogP contribution is -2.50. The summed E-state index contributed by atoms with van der Waals surface area (Å²) in [5, 5.41) is 6.51. The molecule has 5 rings (SSSR count). The Hall–Kier alpha value is -3.42. The molecule has 2 saturated heterocycles. The molecule has 36 heavy (non-hydrogen) atoms. The van der Waals surface area contributed by atoms with Crippen molar-refractivity contribution in [2.75, 3.05) is 10.2 Å². The maximum atomic E-state index is 13.1. The highest BCUT2D eigenvalue weighted by atomic mass is 16.2. The number of carbonyl (C=O) groups excluding carboxylic acids is 3. The number of amides is 2. The van der Waals surface area contributed by atoms with Crippen molar-refractivity contribution in [3.8, 4) is 0 Å². The number of rotatable bonds is 9. The SMILES string of the molecule is CCC(C)Nc1cc(C(=O)N[C@H]2C[C@H]3CC[C@@H](C2)N3c2ccc(C(=O)C3CC3)cn2)ccc1C(N)=O. The molecule has 3 aliphatic rings. The van der Waals surface area contributed by atoms with Crippen molar-refractivity contribution < 1.29 is 14.4 Å². The fourth-order valence-electron chi connectivity index (χ4n) is 5.59. The Morgan fingerprint density at radius 1 is 1.06 bits per heavy atom. The summed E-state index contributed by atoms with van der Waals surface area (Å²) in [5.41, 5.74) is 7.74. The van der Waals surface area contributed by atoms with E-state index in [9.17, 15) is 14.4 Å². The fourth-order valence-corrected chi connectivity index (χ4v) is 5.59. The van der Waals surface area contributed by atoms with Crippen LogP contribution in [-0.4, -0.2) is 46.7 Å². The van der Waals surface area contributed by atoms with Crippen LogP contribution in [-0.2, 0) is 0 Å². The molecule has 3 heterocycles. The topological polar surface area (TPSA) is 117 Å². The number of nitrogens with two attached hydrogens (primary N) is 1. The Bertz CT molecular complexity index is 1150. The monoisotopic (exact) mass is 489 g/mol. The van der Waals surface area contributed by atoms with Gasteiger partial charge in [0.05, 0.1) is 5.56 Å². The number of hydrogen-bond donors (Lipinski definition) is 3. The predicted octanol–water partition coefficient (Wildman–Crippen LogP) is 3.91. The number of carbonyl (C=O) groups is 3. The Balaban J connectivity index is 1.24. The van der Waals surface area contributed by atoms with Crippen molar-refractivity contribution in [2.24, 2.45) is 11.7 Å². The van der Waals surface area contributed by atoms with Gasteiger partial charge in [0, 0.05) is 53.1 Å². The summed E-state index contributed by atoms with van der Waals surface area (Å²) < 4.78 is 0. The van der Waals surface area contributed by atoms with Crippen molar-refractivity contribution in [1.29, 1.82) is 0 Å². The number of aromatic nitrogens is 1. The molecule has 8 heteroatoms. The number of benzene rings is 1. The molecule has 4 atom stereocenters. The summed E-state index contributed by atoms with van der Waals surface area (Å²) in [6, 6.07) is 9.74. The van der Waals surface area contributed by atoms with Gasteiger partial charge in [-0.2, -0.15) is 0 Å². The van der Waals surface area contributed by atoms with Gasteiger partial charge in [-0.05, 0) is 82.2 Å². The maximum Gasteiger partial charge on any atom is 0.251 e. The lowest BCUT2D eigenvalue weighted by molar-refractivity contribution is 0.0924. The minimum atomic E-state index is -0.518. The summed E-state index contributed by atoms with van der Waals surface area (Å²) in [6.45, 7) is 4.07. The molecule has 2 aromatic rings. The van der Waals surface area contributed by atoms with Gasteiger partial charge in [0.2, 0.25) is 0 Å². The van der Waals surface area contributed by atoms with E-state index < -0.39 is 5.91 Å². The van der Waals surface area contributed by atoms with E-state index in [2.05, 4.69) is 27.4 Å². The summed E-state index contributed by atoms with van der Waals surface area (Å²) in [5.74, 6) is 0.668. The number of hydrogen-bond acceptors (Lipinski definition) is 6. The molecule has 2 aliphatic heterocycles. The maximum absolute atomic E-state index is 13.1. The van der Waals surface area contributed by atoms with E-state index in [1.807, 2.05) is 19.1 Å². The number of anilines is 2. The average molecular weight is 490 g/mol. The quantitative estimate of drug-likeness (QED) is 0.460. The largest absolute Gasteiger partial charge is 0.382 e. The van der Waals surface area contributed by atoms with Crippen molar-refractivity contribution in [1.82, 2.24) is 10.3 Å². The predicted molar refractivity (Wildman–Crippen MR) is 139 cm³/mol. The van der Waals surface area contributed by atoms with E-state index in [0.717, 1.165) is 50.8 Å². The molecule has 0 radical (unpaired) electrons. The summed E-state index contributed by atoms with van der Waals surface area (Å²) in [6.07, 6.45) is 8.43. The summed E-state index contributed by atoms with van der Waals surface area (Å²) in [4.78, 5) is 44.3. The van der Waals surface area contributed by atoms with Gasteiger partial charge in [0.1, 0.15) is 5.82 Å². The molecule has 1 aromatic carbocycles. The second-order valence-electron chi connectivity index (χ2n) is 10.6. The van der Waals surface area contributed by atoms with Crippen LogP contribution in [0.2, 0.25) is 0 Å². The third kappa shape index (κ3) is 4.94. The van der Waals surface area contributed by atoms with E-state index in [0.29, 0.717) is 34.5 Å². The third-order valence-electron chi connectivity index (χ3n) is 7.87. The Kier molecular flexibility index (Phi) is 6.69. The van der Waals surface area contributed by atoms with Crippen molar-refractivity contribution >= 4 is 29.1 Å². The molecule has 4 N–H and O–H groups in total. The molecular weight excluding hydrogens is 454 g/mol. The van der Waals surface area contributed by atoms with Crippen LogP contribution < -0.4 is 21.3 Å². The third-order valence-corrected chi connectivity index (χ3v) is 7.87. The molecule has 1 aromatic heterocycles. The summed E-state index contributed by atoms with van der Waals surface area (Å²) >= 11 is 0. The van der Waals surface area contributed by atoms with Crippen LogP contribution in [0.15, 0.2) is 36.5 Å². The van der Waals surface area contributed by atoms with E-state index in [1.165, 1.54) is 0 Å². The van der Waals surface area contributed by atoms with Crippen LogP contribution in [0.1, 0.15) is 89.9 Å². The van der Waals surface area contributed by atoms with Gasteiger partial charge < -0.3 is 21.3 Å². The zero-order valence-electron chi connectivity index (χ0n) is 21.0. The van der Waals surface area contributed by atoms with Crippen LogP contribution in [0.25, 0.3) is 0 Å². The van der Waals surface area contributed by atoms with Gasteiger partial charge in [0.25, 0.3) is 11.8 Å². The Morgan fingerprint density at radius 2 is 1.75 bits per heavy atom. The van der Waals surface area contributed by atoms with Gasteiger partial charge >= 0.3 is 0 Å². The van der Waals surface area contributed by atoms with Crippen molar-refractivity contribution in [3.05, 3.63) is 53.2 Å². The van der Waals surface area contributed by atoms with Gasteiger partial charge in [0.15, 0.2) is 5.78 Å². The average Bonchev–Trinajstić information content (AvgIpc) is 3.68. The van der Waals surface area contributed by atoms with E-state index in [4.69, 9.17) is 5.73 Å². The molecule has 3 fully saturated rings. The normalized spacial score (nSPS) is 23.7. The van der Waals surface area contributed by atoms with Gasteiger partial charge in [-0.25, -0.2) is 4.98 Å². The van der Waals surface area contributed by atoms with E-state index in [-0.39, 0.29) is 29.7 Å². The standard InChI is InChI=1S/C28H35N5O3/c1-3-16(2)31-24-12-18(6-10-23(24)27(29)35)28(36)32-20-13-21-8-9-22(14-20)33(21)25-11-7-19(15-30-25)26(34)17-4-5-17/h6-7,10-12,15-17,20-22,31H,3-5,8-9,13-14H2,1-2H3,(H2,29,35)(H,32,36)/t16?,20-,21+,22-. The van der Waals surface area contributed by atoms with Crippen molar-refractivity contribution in [2.45, 2.75) is 83.0 Å². The number of Topliss-reactive ketones (excluding diaryl/α,β-unsaturated/α-hetero) is 1. The van der Waals surface area contributed by atoms with Crippen LogP contribution in [0.4, 0.5) is 11.5 Å². The molecule has 2 bridgehead atoms. The molecule has 1 aliphatic carbocycles. The van der Waals surface area contributed by atoms with Crippen LogP contribution in [0, 0.1) is 5.92 Å². The number of primary amides is 1. The molecule has 1 saturated carbocycles. The van der Waals surface area contributed by atoms with Crippen LogP contribution >= 0.6 is 0 Å². The number of piperidine rings is 1. The first-order chi connectivity index (χ1) is 17.3. The number of nitrogens with zero attached hydrogens (tertiary/aromatic N) is 2. The number of nitrogens with one attached hydrogen (secondary N) is 2. The molecule has 0 spiro atoms. The highest BCUT2D eigenvalue weighted by molar-refractivity contribution is 6.02. The molecule has 8 nitrogen and oxygen atoms in total. The lowest BCUT2D eigenvalue weighted by Gasteiger charge is -2.40. The Labute approximate surface area is 212 Å². The lowest BCUT2D eigenvalue weighted by atomic mass is 9.96. The minimum absolute atomic E-state index is 0.0729. The van der Waals surface area contributed by atoms with E-state index in [1.54, 1.807) is 24.4 Å². The highest BCUT2D eigenvalue weighted by Gasteiger charge is 2.42. The Morgan fingerprint density at radius 3 is 2.33 bits per heavy atom. The van der Waals surface area contributed by atoms with Gasteiger partial charge in [-0.3, -0.25) is 14.4 Å². The zero-order valence-corrected chi connectivity index (χ0v) is 21.0. The van der Waals surface area contributed by atoms with Gasteiger partial charge in [-0.1, -0.05) is 6.92 Å². The first-order valence-corrected chi connectivity index (χ1v) is 13.1. The first kappa shape index (κ1) is 24.3. The summed E-state index contributed by atoms with van der Waals surface area (Å²) in [7, 11) is 0.